The lowest BCUT2D eigenvalue weighted by Gasteiger charge is -2.17. The molecule has 0 saturated carbocycles. The summed E-state index contributed by atoms with van der Waals surface area (Å²) in [6, 6.07) is 17.7. The van der Waals surface area contributed by atoms with E-state index in [2.05, 4.69) is 10.6 Å². The highest BCUT2D eigenvalue weighted by atomic mass is 19.1. The van der Waals surface area contributed by atoms with Gasteiger partial charge >= 0.3 is 0 Å². The molecule has 3 amide bonds. The lowest BCUT2D eigenvalue weighted by Crippen LogP contribution is -2.29. The predicted molar refractivity (Wildman–Crippen MR) is 126 cm³/mol. The van der Waals surface area contributed by atoms with Crippen LogP contribution in [0.5, 0.6) is 11.5 Å². The molecule has 0 aromatic heterocycles. The first kappa shape index (κ1) is 22.4. The Morgan fingerprint density at radius 3 is 2.60 bits per heavy atom. The molecule has 0 radical (unpaired) electrons. The van der Waals surface area contributed by atoms with Crippen molar-refractivity contribution in [3.05, 3.63) is 83.7 Å². The number of nitrogens with one attached hydrogen (secondary N) is 2. The van der Waals surface area contributed by atoms with Gasteiger partial charge in [-0.15, -0.1) is 0 Å². The summed E-state index contributed by atoms with van der Waals surface area (Å²) in [4.78, 5) is 39.8. The number of nitrogens with zero attached hydrogens (tertiary/aromatic N) is 1. The fourth-order valence-corrected chi connectivity index (χ4v) is 4.11. The number of carbonyl (C=O) groups excluding carboxylic acids is 3. The Morgan fingerprint density at radius 1 is 1.00 bits per heavy atom. The Labute approximate surface area is 200 Å². The van der Waals surface area contributed by atoms with Crippen LogP contribution in [-0.4, -0.2) is 31.1 Å². The molecule has 1 atom stereocenters. The summed E-state index contributed by atoms with van der Waals surface area (Å²) < 4.78 is 23.9. The Kier molecular flexibility index (Phi) is 6.05. The zero-order valence-electron chi connectivity index (χ0n) is 18.6. The van der Waals surface area contributed by atoms with Crippen LogP contribution in [0.25, 0.3) is 0 Å². The minimum atomic E-state index is -0.600. The van der Waals surface area contributed by atoms with Gasteiger partial charge in [0.2, 0.25) is 18.6 Å². The van der Waals surface area contributed by atoms with Crippen molar-refractivity contribution in [3.63, 3.8) is 0 Å². The Balaban J connectivity index is 1.23. The Morgan fingerprint density at radius 2 is 1.77 bits per heavy atom. The van der Waals surface area contributed by atoms with Gasteiger partial charge in [0.15, 0.2) is 11.5 Å². The number of carbonyl (C=O) groups is 3. The number of halogens is 1. The molecular weight excluding hydrogens is 453 g/mol. The molecule has 3 aromatic rings. The molecule has 5 rings (SSSR count). The highest BCUT2D eigenvalue weighted by molar-refractivity contribution is 6.07. The molecule has 0 bridgehead atoms. The topological polar surface area (TPSA) is 97.0 Å². The Bertz CT molecular complexity index is 1290. The van der Waals surface area contributed by atoms with E-state index in [0.29, 0.717) is 28.4 Å². The van der Waals surface area contributed by atoms with Gasteiger partial charge in [-0.1, -0.05) is 18.2 Å². The third-order valence-corrected chi connectivity index (χ3v) is 5.95. The molecule has 3 aromatic carbocycles. The van der Waals surface area contributed by atoms with Gasteiger partial charge < -0.3 is 25.0 Å². The molecule has 0 unspecified atom stereocenters. The third kappa shape index (κ3) is 4.79. The first-order chi connectivity index (χ1) is 17.0. The molecule has 2 aliphatic heterocycles. The first-order valence-corrected chi connectivity index (χ1v) is 11.1. The second-order valence-electron chi connectivity index (χ2n) is 8.29. The fraction of sp³-hybridized carbons (Fsp3) is 0.192. The second-order valence-corrected chi connectivity index (χ2v) is 8.29. The van der Waals surface area contributed by atoms with E-state index < -0.39 is 11.7 Å². The number of ether oxygens (including phenoxy) is 2. The standard InChI is InChI=1S/C26H22FN3O5/c27-18-6-8-19(9-7-18)30-14-17(12-24(30)31)25(32)29-21-4-2-1-3-20(21)26(33)28-13-16-5-10-22-23(11-16)35-15-34-22/h1-11,17H,12-15H2,(H,28,33)(H,29,32)/t17-/m1/s1. The number of amides is 3. The maximum absolute atomic E-state index is 13.2. The number of hydrogen-bond acceptors (Lipinski definition) is 5. The maximum Gasteiger partial charge on any atom is 0.253 e. The van der Waals surface area contributed by atoms with Crippen molar-refractivity contribution in [2.24, 2.45) is 5.92 Å². The van der Waals surface area contributed by atoms with Crippen molar-refractivity contribution < 1.29 is 28.2 Å². The number of anilines is 2. The Hall–Kier alpha value is -4.40. The van der Waals surface area contributed by atoms with Gasteiger partial charge in [-0.2, -0.15) is 0 Å². The number of fused-ring (bicyclic) bond motifs is 1. The SMILES string of the molecule is O=C(NCc1ccc2c(c1)OCO2)c1ccccc1NC(=O)[C@@H]1CC(=O)N(c2ccc(F)cc2)C1. The molecule has 178 valence electrons. The van der Waals surface area contributed by atoms with Crippen LogP contribution in [0.2, 0.25) is 0 Å². The van der Waals surface area contributed by atoms with Gasteiger partial charge in [0.05, 0.1) is 17.2 Å². The predicted octanol–water partition coefficient (Wildman–Crippen LogP) is 3.48. The third-order valence-electron chi connectivity index (χ3n) is 5.95. The van der Waals surface area contributed by atoms with Crippen LogP contribution in [0.15, 0.2) is 66.7 Å². The highest BCUT2D eigenvalue weighted by Crippen LogP contribution is 2.32. The molecule has 8 nitrogen and oxygen atoms in total. The molecule has 0 aliphatic carbocycles. The molecule has 1 saturated heterocycles. The fourth-order valence-electron chi connectivity index (χ4n) is 4.11. The minimum absolute atomic E-state index is 0.0295. The number of hydrogen-bond donors (Lipinski definition) is 2. The first-order valence-electron chi connectivity index (χ1n) is 11.1. The maximum atomic E-state index is 13.2. The van der Waals surface area contributed by atoms with Gasteiger partial charge in [-0.3, -0.25) is 14.4 Å². The average Bonchev–Trinajstić information content (AvgIpc) is 3.49. The average molecular weight is 475 g/mol. The summed E-state index contributed by atoms with van der Waals surface area (Å²) in [6.07, 6.45) is 0.0295. The van der Waals surface area contributed by atoms with Gasteiger partial charge in [0, 0.05) is 25.2 Å². The van der Waals surface area contributed by atoms with Crippen molar-refractivity contribution in [3.8, 4) is 11.5 Å². The van der Waals surface area contributed by atoms with Gasteiger partial charge in [0.25, 0.3) is 5.91 Å². The molecule has 2 heterocycles. The van der Waals surface area contributed by atoms with E-state index in [9.17, 15) is 18.8 Å². The molecular formula is C26H22FN3O5. The van der Waals surface area contributed by atoms with Crippen LogP contribution in [0, 0.1) is 11.7 Å². The van der Waals surface area contributed by atoms with Crippen LogP contribution in [0.3, 0.4) is 0 Å². The van der Waals surface area contributed by atoms with E-state index in [4.69, 9.17) is 9.47 Å². The van der Waals surface area contributed by atoms with Crippen LogP contribution < -0.4 is 25.0 Å². The van der Waals surface area contributed by atoms with Crippen molar-refractivity contribution in [2.45, 2.75) is 13.0 Å². The van der Waals surface area contributed by atoms with E-state index in [0.717, 1.165) is 5.56 Å². The molecule has 2 N–H and O–H groups in total. The van der Waals surface area contributed by atoms with E-state index in [1.54, 1.807) is 36.4 Å². The van der Waals surface area contributed by atoms with Gasteiger partial charge in [-0.25, -0.2) is 4.39 Å². The van der Waals surface area contributed by atoms with Crippen LogP contribution in [-0.2, 0) is 16.1 Å². The zero-order valence-corrected chi connectivity index (χ0v) is 18.6. The molecule has 2 aliphatic rings. The van der Waals surface area contributed by atoms with Crippen LogP contribution in [0.1, 0.15) is 22.3 Å². The summed E-state index contributed by atoms with van der Waals surface area (Å²) in [5, 5.41) is 5.64. The number of benzene rings is 3. The van der Waals surface area contributed by atoms with Crippen LogP contribution in [0.4, 0.5) is 15.8 Å². The lowest BCUT2D eigenvalue weighted by molar-refractivity contribution is -0.122. The van der Waals surface area contributed by atoms with Crippen molar-refractivity contribution in [1.29, 1.82) is 0 Å². The summed E-state index contributed by atoms with van der Waals surface area (Å²) in [5.41, 5.74) is 2.04. The number of para-hydroxylation sites is 1. The zero-order chi connectivity index (χ0) is 24.4. The smallest absolute Gasteiger partial charge is 0.253 e. The summed E-state index contributed by atoms with van der Waals surface area (Å²) in [7, 11) is 0. The summed E-state index contributed by atoms with van der Waals surface area (Å²) in [6.45, 7) is 0.614. The van der Waals surface area contributed by atoms with Gasteiger partial charge in [-0.05, 0) is 54.1 Å². The van der Waals surface area contributed by atoms with E-state index >= 15 is 0 Å². The number of rotatable bonds is 6. The summed E-state index contributed by atoms with van der Waals surface area (Å²) >= 11 is 0. The molecule has 1 fully saturated rings. The van der Waals surface area contributed by atoms with Crippen molar-refractivity contribution in [2.75, 3.05) is 23.6 Å². The monoisotopic (exact) mass is 475 g/mol. The molecule has 9 heteroatoms. The highest BCUT2D eigenvalue weighted by Gasteiger charge is 2.35. The van der Waals surface area contributed by atoms with E-state index in [-0.39, 0.29) is 44.0 Å². The quantitative estimate of drug-likeness (QED) is 0.569. The minimum Gasteiger partial charge on any atom is -0.454 e. The van der Waals surface area contributed by atoms with E-state index in [1.807, 2.05) is 6.07 Å². The molecule has 35 heavy (non-hydrogen) atoms. The van der Waals surface area contributed by atoms with E-state index in [1.165, 1.54) is 29.2 Å². The van der Waals surface area contributed by atoms with Gasteiger partial charge in [0.1, 0.15) is 5.82 Å². The largest absolute Gasteiger partial charge is 0.454 e. The van der Waals surface area contributed by atoms with Crippen molar-refractivity contribution in [1.82, 2.24) is 5.32 Å². The van der Waals surface area contributed by atoms with Crippen LogP contribution >= 0.6 is 0 Å². The summed E-state index contributed by atoms with van der Waals surface area (Å²) in [5.74, 6) is -0.637. The molecule has 0 spiro atoms. The van der Waals surface area contributed by atoms with Crippen molar-refractivity contribution >= 4 is 29.1 Å². The lowest BCUT2D eigenvalue weighted by atomic mass is 10.1. The normalized spacial score (nSPS) is 16.3. The second kappa shape index (κ2) is 9.46.